The zero-order chi connectivity index (χ0) is 23.8. The molecule has 0 spiro atoms. The first kappa shape index (κ1) is 24.4. The SMILES string of the molecule is COCCOc1cc(F)c2c(Nc3ccc(NC(=O)CCCC(C)(C)C)cc3)ncnc2c1. The lowest BCUT2D eigenvalue weighted by Gasteiger charge is -2.17. The van der Waals surface area contributed by atoms with Gasteiger partial charge in [0.05, 0.1) is 17.5 Å². The van der Waals surface area contributed by atoms with E-state index in [-0.39, 0.29) is 16.7 Å². The fourth-order valence-electron chi connectivity index (χ4n) is 3.31. The lowest BCUT2D eigenvalue weighted by Crippen LogP contribution is -2.13. The number of amides is 1. The fourth-order valence-corrected chi connectivity index (χ4v) is 3.31. The zero-order valence-corrected chi connectivity index (χ0v) is 19.6. The van der Waals surface area contributed by atoms with Crippen LogP contribution in [-0.4, -0.2) is 36.2 Å². The van der Waals surface area contributed by atoms with Gasteiger partial charge >= 0.3 is 0 Å². The summed E-state index contributed by atoms with van der Waals surface area (Å²) in [5.74, 6) is 0.235. The monoisotopic (exact) mass is 454 g/mol. The maximum atomic E-state index is 14.8. The summed E-state index contributed by atoms with van der Waals surface area (Å²) in [6.07, 6.45) is 3.70. The standard InChI is InChI=1S/C25H31FN4O3/c1-25(2,3)11-5-6-22(31)29-17-7-9-18(10-8-17)30-24-23-20(26)14-19(33-13-12-32-4)15-21(23)27-16-28-24/h7-10,14-16H,5-6,11-13H2,1-4H3,(H,29,31)(H,27,28,30). The van der Waals surface area contributed by atoms with Crippen molar-refractivity contribution in [3.8, 4) is 5.75 Å². The van der Waals surface area contributed by atoms with Crippen LogP contribution in [0.4, 0.5) is 21.6 Å². The van der Waals surface area contributed by atoms with E-state index in [1.54, 1.807) is 37.4 Å². The summed E-state index contributed by atoms with van der Waals surface area (Å²) in [5.41, 5.74) is 2.06. The Bertz CT molecular complexity index is 1080. The van der Waals surface area contributed by atoms with Crippen molar-refractivity contribution in [2.45, 2.75) is 40.0 Å². The van der Waals surface area contributed by atoms with Crippen LogP contribution in [0.25, 0.3) is 10.9 Å². The zero-order valence-electron chi connectivity index (χ0n) is 19.6. The van der Waals surface area contributed by atoms with Crippen LogP contribution in [0.5, 0.6) is 5.75 Å². The van der Waals surface area contributed by atoms with Crippen LogP contribution in [-0.2, 0) is 9.53 Å². The summed E-state index contributed by atoms with van der Waals surface area (Å²) in [6.45, 7) is 7.22. The molecule has 33 heavy (non-hydrogen) atoms. The summed E-state index contributed by atoms with van der Waals surface area (Å²) in [7, 11) is 1.57. The number of nitrogens with zero attached hydrogens (tertiary/aromatic N) is 2. The largest absolute Gasteiger partial charge is 0.491 e. The van der Waals surface area contributed by atoms with Gasteiger partial charge in [0.1, 0.15) is 30.3 Å². The molecule has 0 fully saturated rings. The molecule has 0 radical (unpaired) electrons. The minimum atomic E-state index is -0.484. The van der Waals surface area contributed by atoms with E-state index >= 15 is 0 Å². The first-order chi connectivity index (χ1) is 15.7. The van der Waals surface area contributed by atoms with E-state index in [9.17, 15) is 9.18 Å². The van der Waals surface area contributed by atoms with Gasteiger partial charge in [-0.2, -0.15) is 0 Å². The van der Waals surface area contributed by atoms with E-state index in [0.717, 1.165) is 12.8 Å². The number of carbonyl (C=O) groups is 1. The van der Waals surface area contributed by atoms with Gasteiger partial charge in [-0.05, 0) is 42.5 Å². The summed E-state index contributed by atoms with van der Waals surface area (Å²) in [4.78, 5) is 20.5. The Hall–Kier alpha value is -3.26. The maximum absolute atomic E-state index is 14.8. The predicted molar refractivity (Wildman–Crippen MR) is 129 cm³/mol. The number of halogens is 1. The molecule has 3 aromatic rings. The van der Waals surface area contributed by atoms with Gasteiger partial charge in [0.15, 0.2) is 0 Å². The van der Waals surface area contributed by atoms with Gasteiger partial charge in [0.2, 0.25) is 5.91 Å². The van der Waals surface area contributed by atoms with E-state index in [1.807, 2.05) is 0 Å². The molecule has 0 bridgehead atoms. The number of carbonyl (C=O) groups excluding carboxylic acids is 1. The van der Waals surface area contributed by atoms with E-state index in [4.69, 9.17) is 9.47 Å². The molecule has 0 unspecified atom stereocenters. The van der Waals surface area contributed by atoms with Crippen LogP contribution in [0, 0.1) is 11.2 Å². The minimum absolute atomic E-state index is 0.00709. The Morgan fingerprint density at radius 3 is 2.48 bits per heavy atom. The molecule has 0 aliphatic carbocycles. The molecule has 1 aromatic heterocycles. The summed E-state index contributed by atoms with van der Waals surface area (Å²) >= 11 is 0. The third-order valence-electron chi connectivity index (χ3n) is 4.98. The van der Waals surface area contributed by atoms with Gasteiger partial charge in [0.25, 0.3) is 0 Å². The summed E-state index contributed by atoms with van der Waals surface area (Å²) in [6, 6.07) is 10.2. The highest BCUT2D eigenvalue weighted by Crippen LogP contribution is 2.29. The van der Waals surface area contributed by atoms with Crippen molar-refractivity contribution < 1.29 is 18.7 Å². The molecule has 0 aliphatic rings. The van der Waals surface area contributed by atoms with Crippen LogP contribution in [0.2, 0.25) is 0 Å². The quantitative estimate of drug-likeness (QED) is 0.383. The first-order valence-corrected chi connectivity index (χ1v) is 11.0. The van der Waals surface area contributed by atoms with E-state index in [2.05, 4.69) is 41.4 Å². The van der Waals surface area contributed by atoms with Gasteiger partial charge < -0.3 is 20.1 Å². The molecular weight excluding hydrogens is 423 g/mol. The smallest absolute Gasteiger partial charge is 0.224 e. The van der Waals surface area contributed by atoms with Gasteiger partial charge in [-0.15, -0.1) is 0 Å². The average Bonchev–Trinajstić information content (AvgIpc) is 2.74. The average molecular weight is 455 g/mol. The number of fused-ring (bicyclic) bond motifs is 1. The molecule has 7 nitrogen and oxygen atoms in total. The van der Waals surface area contributed by atoms with Crippen molar-refractivity contribution in [2.75, 3.05) is 31.0 Å². The molecule has 2 aromatic carbocycles. The molecule has 1 amide bonds. The number of aromatic nitrogens is 2. The normalized spacial score (nSPS) is 11.4. The number of hydrogen-bond donors (Lipinski definition) is 2. The Kier molecular flexibility index (Phi) is 8.16. The van der Waals surface area contributed by atoms with Crippen molar-refractivity contribution in [3.63, 3.8) is 0 Å². The van der Waals surface area contributed by atoms with Crippen LogP contribution in [0.3, 0.4) is 0 Å². The number of ether oxygens (including phenoxy) is 2. The third kappa shape index (κ3) is 7.39. The molecule has 2 N–H and O–H groups in total. The predicted octanol–water partition coefficient (Wildman–Crippen LogP) is 5.69. The minimum Gasteiger partial charge on any atom is -0.491 e. The van der Waals surface area contributed by atoms with E-state index in [1.165, 1.54) is 12.4 Å². The summed E-state index contributed by atoms with van der Waals surface area (Å²) in [5, 5.41) is 6.31. The lowest BCUT2D eigenvalue weighted by atomic mass is 9.90. The molecule has 3 rings (SSSR count). The summed E-state index contributed by atoms with van der Waals surface area (Å²) < 4.78 is 25.3. The number of benzene rings is 2. The van der Waals surface area contributed by atoms with Gasteiger partial charge in [0, 0.05) is 37.0 Å². The van der Waals surface area contributed by atoms with E-state index in [0.29, 0.717) is 48.1 Å². The van der Waals surface area contributed by atoms with Crippen molar-refractivity contribution >= 4 is 34.0 Å². The van der Waals surface area contributed by atoms with Crippen molar-refractivity contribution in [1.29, 1.82) is 0 Å². The fraction of sp³-hybridized carbons (Fsp3) is 0.400. The molecule has 0 saturated heterocycles. The van der Waals surface area contributed by atoms with Crippen LogP contribution in [0.15, 0.2) is 42.7 Å². The van der Waals surface area contributed by atoms with Gasteiger partial charge in [-0.1, -0.05) is 20.8 Å². The van der Waals surface area contributed by atoms with Gasteiger partial charge in [-0.3, -0.25) is 4.79 Å². The second kappa shape index (κ2) is 11.0. The second-order valence-electron chi connectivity index (χ2n) is 9.03. The van der Waals surface area contributed by atoms with Gasteiger partial charge in [-0.25, -0.2) is 14.4 Å². The van der Waals surface area contributed by atoms with Crippen LogP contribution < -0.4 is 15.4 Å². The second-order valence-corrected chi connectivity index (χ2v) is 9.03. The maximum Gasteiger partial charge on any atom is 0.224 e. The number of hydrogen-bond acceptors (Lipinski definition) is 6. The number of methoxy groups -OCH3 is 1. The molecular formula is C25H31FN4O3. The molecule has 0 saturated carbocycles. The third-order valence-corrected chi connectivity index (χ3v) is 4.98. The topological polar surface area (TPSA) is 85.4 Å². The molecule has 176 valence electrons. The Morgan fingerprint density at radius 1 is 1.06 bits per heavy atom. The molecule has 1 heterocycles. The first-order valence-electron chi connectivity index (χ1n) is 11.0. The highest BCUT2D eigenvalue weighted by molar-refractivity contribution is 5.93. The highest BCUT2D eigenvalue weighted by atomic mass is 19.1. The lowest BCUT2D eigenvalue weighted by molar-refractivity contribution is -0.116. The van der Waals surface area contributed by atoms with Crippen molar-refractivity contribution in [3.05, 3.63) is 48.5 Å². The van der Waals surface area contributed by atoms with Crippen LogP contribution >= 0.6 is 0 Å². The van der Waals surface area contributed by atoms with E-state index < -0.39 is 5.82 Å². The number of anilines is 3. The molecule has 0 atom stereocenters. The molecule has 8 heteroatoms. The Morgan fingerprint density at radius 2 is 1.79 bits per heavy atom. The molecule has 0 aliphatic heterocycles. The van der Waals surface area contributed by atoms with Crippen LogP contribution in [0.1, 0.15) is 40.0 Å². The Balaban J connectivity index is 1.65. The van der Waals surface area contributed by atoms with Crippen molar-refractivity contribution in [2.24, 2.45) is 5.41 Å². The highest BCUT2D eigenvalue weighted by Gasteiger charge is 2.13. The number of rotatable bonds is 10. The Labute approximate surface area is 193 Å². The van der Waals surface area contributed by atoms with Crippen molar-refractivity contribution in [1.82, 2.24) is 9.97 Å². The number of nitrogens with one attached hydrogen (secondary N) is 2.